The van der Waals surface area contributed by atoms with Gasteiger partial charge in [0.2, 0.25) is 0 Å². The Labute approximate surface area is 193 Å². The van der Waals surface area contributed by atoms with Crippen molar-refractivity contribution in [1.82, 2.24) is 20.2 Å². The van der Waals surface area contributed by atoms with E-state index >= 15 is 0 Å². The molecule has 168 valence electrons. The topological polar surface area (TPSA) is 86.8 Å². The summed E-state index contributed by atoms with van der Waals surface area (Å²) in [5.41, 5.74) is 3.04. The first-order valence-corrected chi connectivity index (χ1v) is 12.0. The van der Waals surface area contributed by atoms with Crippen molar-refractivity contribution in [2.75, 3.05) is 23.3 Å². The maximum atomic E-state index is 12.1. The van der Waals surface area contributed by atoms with E-state index in [0.29, 0.717) is 23.3 Å². The Hall–Kier alpha value is -2.87. The highest BCUT2D eigenvalue weighted by Crippen LogP contribution is 2.33. The molecule has 0 amide bonds. The first-order valence-electron chi connectivity index (χ1n) is 11.2. The van der Waals surface area contributed by atoms with Gasteiger partial charge in [0.05, 0.1) is 0 Å². The van der Waals surface area contributed by atoms with Crippen LogP contribution in [0.15, 0.2) is 40.4 Å². The van der Waals surface area contributed by atoms with E-state index in [9.17, 15) is 4.79 Å². The normalized spacial score (nSPS) is 13.2. The third-order valence-corrected chi connectivity index (χ3v) is 6.53. The maximum absolute atomic E-state index is 12.1. The molecule has 0 saturated heterocycles. The number of Topliss-reactive ketones (excluding diaryl/α,β-unsaturated/α-hetero) is 1. The number of nitrogens with zero attached hydrogens (tertiary/aromatic N) is 4. The molecule has 4 rings (SSSR count). The van der Waals surface area contributed by atoms with Gasteiger partial charge in [0.1, 0.15) is 17.4 Å². The second kappa shape index (κ2) is 9.73. The monoisotopic (exact) mass is 450 g/mol. The molecule has 7 nitrogen and oxygen atoms in total. The summed E-state index contributed by atoms with van der Waals surface area (Å²) in [6.07, 6.45) is 2.64. The number of ketones is 1. The molecule has 1 aromatic carbocycles. The maximum Gasteiger partial charge on any atom is 0.196 e. The number of aromatic nitrogens is 4. The minimum atomic E-state index is 0.299. The number of aromatic amines is 1. The molecule has 3 aromatic rings. The van der Waals surface area contributed by atoms with Gasteiger partial charge >= 0.3 is 0 Å². The predicted octanol–water partition coefficient (Wildman–Crippen LogP) is 5.08. The SMILES string of the molecule is CCN(CC)c1nc(Sc2ccc(CC(=O)C3CC3)cc2)nc(Nc2cc(C)[nH]n2)c1C. The molecule has 0 spiro atoms. The molecule has 0 radical (unpaired) electrons. The van der Waals surface area contributed by atoms with Gasteiger partial charge in [-0.2, -0.15) is 5.10 Å². The molecule has 8 heteroatoms. The third-order valence-electron chi connectivity index (χ3n) is 5.66. The Morgan fingerprint density at radius 2 is 1.88 bits per heavy atom. The van der Waals surface area contributed by atoms with Gasteiger partial charge in [-0.05, 0) is 70.0 Å². The second-order valence-electron chi connectivity index (χ2n) is 8.20. The highest BCUT2D eigenvalue weighted by atomic mass is 32.2. The Kier molecular flexibility index (Phi) is 6.79. The van der Waals surface area contributed by atoms with Crippen LogP contribution in [0.1, 0.15) is 43.5 Å². The van der Waals surface area contributed by atoms with Gasteiger partial charge in [-0.15, -0.1) is 0 Å². The van der Waals surface area contributed by atoms with Crippen molar-refractivity contribution in [1.29, 1.82) is 0 Å². The lowest BCUT2D eigenvalue weighted by molar-refractivity contribution is -0.119. The number of carbonyl (C=O) groups excluding carboxylic acids is 1. The third kappa shape index (κ3) is 5.30. The van der Waals surface area contributed by atoms with E-state index in [1.54, 1.807) is 0 Å². The van der Waals surface area contributed by atoms with Crippen molar-refractivity contribution < 1.29 is 4.79 Å². The number of rotatable bonds is 10. The van der Waals surface area contributed by atoms with Crippen LogP contribution in [-0.2, 0) is 11.2 Å². The van der Waals surface area contributed by atoms with Crippen LogP contribution >= 0.6 is 11.8 Å². The van der Waals surface area contributed by atoms with Gasteiger partial charge in [-0.25, -0.2) is 9.97 Å². The molecule has 1 fully saturated rings. The standard InChI is InChI=1S/C24H30N6OS/c1-5-30(6-2)23-16(4)22(25-21-13-15(3)28-29-21)26-24(27-23)32-19-11-7-17(8-12-19)14-20(31)18-9-10-18/h7-8,11-13,18H,5-6,9-10,14H2,1-4H3,(H2,25,26,27,28,29). The fraction of sp³-hybridized carbons (Fsp3) is 0.417. The lowest BCUT2D eigenvalue weighted by Crippen LogP contribution is -2.24. The second-order valence-corrected chi connectivity index (χ2v) is 9.24. The largest absolute Gasteiger partial charge is 0.357 e. The van der Waals surface area contributed by atoms with Crippen molar-refractivity contribution in [2.45, 2.75) is 57.0 Å². The Morgan fingerprint density at radius 3 is 2.47 bits per heavy atom. The summed E-state index contributed by atoms with van der Waals surface area (Å²) in [5, 5.41) is 11.3. The Balaban J connectivity index is 1.58. The number of hydrogen-bond acceptors (Lipinski definition) is 7. The van der Waals surface area contributed by atoms with Gasteiger partial charge in [0.15, 0.2) is 11.0 Å². The summed E-state index contributed by atoms with van der Waals surface area (Å²) in [7, 11) is 0. The van der Waals surface area contributed by atoms with E-state index in [4.69, 9.17) is 9.97 Å². The van der Waals surface area contributed by atoms with Crippen LogP contribution in [0.4, 0.5) is 17.5 Å². The van der Waals surface area contributed by atoms with E-state index in [2.05, 4.69) is 34.3 Å². The zero-order chi connectivity index (χ0) is 22.7. The molecule has 2 N–H and O–H groups in total. The van der Waals surface area contributed by atoms with Gasteiger partial charge < -0.3 is 10.2 Å². The summed E-state index contributed by atoms with van der Waals surface area (Å²) in [6.45, 7) is 9.99. The van der Waals surface area contributed by atoms with Crippen LogP contribution in [0.5, 0.6) is 0 Å². The summed E-state index contributed by atoms with van der Waals surface area (Å²) in [4.78, 5) is 25.0. The Morgan fingerprint density at radius 1 is 1.16 bits per heavy atom. The van der Waals surface area contributed by atoms with Crippen LogP contribution in [0, 0.1) is 19.8 Å². The van der Waals surface area contributed by atoms with Crippen LogP contribution in [0.25, 0.3) is 0 Å². The average molecular weight is 451 g/mol. The van der Waals surface area contributed by atoms with E-state index < -0.39 is 0 Å². The molecule has 32 heavy (non-hydrogen) atoms. The number of benzene rings is 1. The van der Waals surface area contributed by atoms with E-state index in [1.807, 2.05) is 44.2 Å². The summed E-state index contributed by atoms with van der Waals surface area (Å²) < 4.78 is 0. The predicted molar refractivity (Wildman–Crippen MR) is 129 cm³/mol. The van der Waals surface area contributed by atoms with Crippen LogP contribution in [0.3, 0.4) is 0 Å². The molecule has 2 heterocycles. The number of anilines is 3. The lowest BCUT2D eigenvalue weighted by Gasteiger charge is -2.23. The molecular formula is C24H30N6OS. The zero-order valence-electron chi connectivity index (χ0n) is 19.1. The minimum absolute atomic E-state index is 0.299. The molecule has 2 aromatic heterocycles. The number of aryl methyl sites for hydroxylation is 1. The summed E-state index contributed by atoms with van der Waals surface area (Å²) in [6, 6.07) is 10.1. The lowest BCUT2D eigenvalue weighted by atomic mass is 10.1. The number of nitrogens with one attached hydrogen (secondary N) is 2. The highest BCUT2D eigenvalue weighted by Gasteiger charge is 2.29. The van der Waals surface area contributed by atoms with E-state index in [-0.39, 0.29) is 0 Å². The van der Waals surface area contributed by atoms with Gasteiger partial charge in [0, 0.05) is 47.6 Å². The van der Waals surface area contributed by atoms with Gasteiger partial charge in [-0.3, -0.25) is 9.89 Å². The molecule has 0 atom stereocenters. The fourth-order valence-electron chi connectivity index (χ4n) is 3.62. The fourth-order valence-corrected chi connectivity index (χ4v) is 4.37. The Bertz CT molecular complexity index is 1090. The first-order chi connectivity index (χ1) is 15.5. The molecule has 0 unspecified atom stereocenters. The van der Waals surface area contributed by atoms with Crippen LogP contribution in [-0.4, -0.2) is 39.0 Å². The van der Waals surface area contributed by atoms with E-state index in [1.165, 1.54) is 11.8 Å². The van der Waals surface area contributed by atoms with Crippen molar-refractivity contribution in [3.05, 3.63) is 47.2 Å². The van der Waals surface area contributed by atoms with Crippen molar-refractivity contribution in [3.8, 4) is 0 Å². The van der Waals surface area contributed by atoms with Crippen LogP contribution < -0.4 is 10.2 Å². The van der Waals surface area contributed by atoms with Crippen molar-refractivity contribution in [2.24, 2.45) is 5.92 Å². The average Bonchev–Trinajstić information content (AvgIpc) is 3.56. The summed E-state index contributed by atoms with van der Waals surface area (Å²) in [5.74, 6) is 3.07. The molecule has 1 saturated carbocycles. The first kappa shape index (κ1) is 22.3. The molecule has 1 aliphatic rings. The molecule has 0 bridgehead atoms. The summed E-state index contributed by atoms with van der Waals surface area (Å²) >= 11 is 1.52. The zero-order valence-corrected chi connectivity index (χ0v) is 19.9. The highest BCUT2D eigenvalue weighted by molar-refractivity contribution is 7.99. The van der Waals surface area contributed by atoms with E-state index in [0.717, 1.165) is 65.1 Å². The number of hydrogen-bond donors (Lipinski definition) is 2. The smallest absolute Gasteiger partial charge is 0.196 e. The molecule has 1 aliphatic carbocycles. The number of H-pyrrole nitrogens is 1. The number of carbonyl (C=O) groups is 1. The van der Waals surface area contributed by atoms with Crippen molar-refractivity contribution >= 4 is 35.0 Å². The quantitative estimate of drug-likeness (QED) is 0.417. The van der Waals surface area contributed by atoms with Crippen LogP contribution in [0.2, 0.25) is 0 Å². The van der Waals surface area contributed by atoms with Crippen molar-refractivity contribution in [3.63, 3.8) is 0 Å². The molecular weight excluding hydrogens is 420 g/mol. The van der Waals surface area contributed by atoms with Gasteiger partial charge in [-0.1, -0.05) is 12.1 Å². The van der Waals surface area contributed by atoms with Gasteiger partial charge in [0.25, 0.3) is 0 Å². The molecule has 0 aliphatic heterocycles. The minimum Gasteiger partial charge on any atom is -0.357 e.